The monoisotopic (exact) mass is 491 g/mol. The van der Waals surface area contributed by atoms with Gasteiger partial charge in [-0.25, -0.2) is 8.42 Å². The van der Waals surface area contributed by atoms with Gasteiger partial charge < -0.3 is 0 Å². The lowest BCUT2D eigenvalue weighted by Crippen LogP contribution is -2.38. The predicted molar refractivity (Wildman–Crippen MR) is 124 cm³/mol. The number of hydrogen-bond donors (Lipinski definition) is 1. The number of rotatable bonds is 10. The summed E-state index contributed by atoms with van der Waals surface area (Å²) < 4.78 is 28.0. The summed E-state index contributed by atoms with van der Waals surface area (Å²) in [5.41, 5.74) is -0.0947. The first-order valence-corrected chi connectivity index (χ1v) is 12.2. The number of hydrogen-bond acceptors (Lipinski definition) is 9. The van der Waals surface area contributed by atoms with Gasteiger partial charge in [-0.3, -0.25) is 24.5 Å². The van der Waals surface area contributed by atoms with Crippen LogP contribution in [0.15, 0.2) is 76.5 Å². The molecule has 1 amide bonds. The highest BCUT2D eigenvalue weighted by Crippen LogP contribution is 2.27. The average molecular weight is 492 g/mol. The van der Waals surface area contributed by atoms with Crippen molar-refractivity contribution >= 4 is 55.5 Å². The van der Waals surface area contributed by atoms with Gasteiger partial charge >= 0.3 is 0 Å². The molecule has 3 aromatic rings. The van der Waals surface area contributed by atoms with Crippen molar-refractivity contribution in [2.24, 2.45) is 0 Å². The Labute approximate surface area is 192 Å². The molecule has 0 fully saturated rings. The number of nitrogens with zero attached hydrogens (tertiary/aromatic N) is 4. The number of sulfonamides is 1. The van der Waals surface area contributed by atoms with E-state index in [4.69, 9.17) is 0 Å². The van der Waals surface area contributed by atoms with E-state index in [0.717, 1.165) is 15.6 Å². The van der Waals surface area contributed by atoms with Gasteiger partial charge in [-0.15, -0.1) is 16.8 Å². The summed E-state index contributed by atoms with van der Waals surface area (Å²) in [6, 6.07) is 12.5. The Morgan fingerprint density at radius 1 is 1.19 bits per heavy atom. The molecular formula is C19H17N5O5S3. The Hall–Kier alpha value is -3.29. The van der Waals surface area contributed by atoms with Crippen molar-refractivity contribution < 1.29 is 18.1 Å². The first-order chi connectivity index (χ1) is 15.3. The number of thioether (sulfide) groups is 1. The summed E-state index contributed by atoms with van der Waals surface area (Å²) in [5.74, 6) is -0.00878. The molecule has 2 aromatic carbocycles. The van der Waals surface area contributed by atoms with Gasteiger partial charge in [0.15, 0.2) is 4.34 Å². The molecule has 3 rings (SSSR count). The van der Waals surface area contributed by atoms with Crippen LogP contribution < -0.4 is 9.62 Å². The van der Waals surface area contributed by atoms with Crippen LogP contribution in [-0.2, 0) is 14.8 Å². The Morgan fingerprint density at radius 2 is 1.88 bits per heavy atom. The van der Waals surface area contributed by atoms with E-state index in [1.165, 1.54) is 48.2 Å². The third-order valence-electron chi connectivity index (χ3n) is 3.94. The molecule has 0 unspecified atom stereocenters. The Balaban J connectivity index is 1.87. The molecule has 0 atom stereocenters. The summed E-state index contributed by atoms with van der Waals surface area (Å²) in [6.07, 6.45) is 1.71. The van der Waals surface area contributed by atoms with E-state index in [0.29, 0.717) is 10.1 Å². The van der Waals surface area contributed by atoms with Gasteiger partial charge in [0.25, 0.3) is 15.7 Å². The number of carbonyl (C=O) groups is 1. The van der Waals surface area contributed by atoms with Gasteiger partial charge in [-0.05, 0) is 24.3 Å². The van der Waals surface area contributed by atoms with Crippen LogP contribution in [-0.4, -0.2) is 41.7 Å². The fraction of sp³-hybridized carbons (Fsp3) is 0.105. The van der Waals surface area contributed by atoms with Gasteiger partial charge in [0, 0.05) is 17.9 Å². The van der Waals surface area contributed by atoms with Crippen LogP contribution in [0.2, 0.25) is 0 Å². The van der Waals surface area contributed by atoms with Gasteiger partial charge in [0.05, 0.1) is 15.5 Å². The number of benzene rings is 2. The average Bonchev–Trinajstić information content (AvgIpc) is 3.23. The molecule has 10 nitrogen and oxygen atoms in total. The van der Waals surface area contributed by atoms with Crippen molar-refractivity contribution in [3.63, 3.8) is 0 Å². The van der Waals surface area contributed by atoms with Crippen LogP contribution in [0.5, 0.6) is 0 Å². The minimum Gasteiger partial charge on any atom is -0.299 e. The maximum absolute atomic E-state index is 13.2. The number of nitro benzene ring substituents is 1. The number of nitro groups is 1. The summed E-state index contributed by atoms with van der Waals surface area (Å²) in [5, 5.41) is 21.5. The topological polar surface area (TPSA) is 135 Å². The molecule has 0 radical (unpaired) electrons. The normalized spacial score (nSPS) is 11.0. The highest BCUT2D eigenvalue weighted by atomic mass is 32.2. The van der Waals surface area contributed by atoms with E-state index in [1.807, 2.05) is 0 Å². The lowest BCUT2D eigenvalue weighted by Gasteiger charge is -2.23. The molecule has 0 aliphatic rings. The number of nitrogens with one attached hydrogen (secondary N) is 1. The zero-order valence-electron chi connectivity index (χ0n) is 16.4. The van der Waals surface area contributed by atoms with E-state index < -0.39 is 27.4 Å². The molecule has 0 spiro atoms. The van der Waals surface area contributed by atoms with Crippen LogP contribution >= 0.6 is 23.1 Å². The number of aromatic nitrogens is 2. The molecule has 0 saturated carbocycles. The van der Waals surface area contributed by atoms with Crippen molar-refractivity contribution in [1.29, 1.82) is 0 Å². The van der Waals surface area contributed by atoms with Gasteiger partial charge in [0.1, 0.15) is 6.54 Å². The van der Waals surface area contributed by atoms with Crippen LogP contribution in [0.25, 0.3) is 0 Å². The highest BCUT2D eigenvalue weighted by molar-refractivity contribution is 8.01. The maximum atomic E-state index is 13.2. The molecule has 32 heavy (non-hydrogen) atoms. The number of carbonyl (C=O) groups excluding carboxylic acids is 1. The largest absolute Gasteiger partial charge is 0.299 e. The molecule has 0 aliphatic heterocycles. The molecular weight excluding hydrogens is 474 g/mol. The van der Waals surface area contributed by atoms with Gasteiger partial charge in [0.2, 0.25) is 11.0 Å². The fourth-order valence-electron chi connectivity index (χ4n) is 2.51. The zero-order chi connectivity index (χ0) is 23.1. The predicted octanol–water partition coefficient (Wildman–Crippen LogP) is 3.56. The lowest BCUT2D eigenvalue weighted by molar-refractivity contribution is -0.384. The number of anilines is 2. The van der Waals surface area contributed by atoms with Gasteiger partial charge in [-0.1, -0.05) is 47.4 Å². The summed E-state index contributed by atoms with van der Waals surface area (Å²) in [4.78, 5) is 23.0. The van der Waals surface area contributed by atoms with Crippen LogP contribution in [0.3, 0.4) is 0 Å². The molecule has 1 heterocycles. The summed E-state index contributed by atoms with van der Waals surface area (Å²) in [7, 11) is -4.13. The standard InChI is InChI=1S/C19H17N5O5S3/c1-2-12-30-19-22-21-18(31-19)20-17(25)13-23(14-8-10-15(11-9-14)24(26)27)32(28,29)16-6-4-3-5-7-16/h2-11H,1,12-13H2,(H,20,21,25). The molecule has 0 bridgehead atoms. The van der Waals surface area contributed by atoms with E-state index >= 15 is 0 Å². The summed E-state index contributed by atoms with van der Waals surface area (Å²) >= 11 is 2.55. The van der Waals surface area contributed by atoms with Crippen LogP contribution in [0.1, 0.15) is 0 Å². The highest BCUT2D eigenvalue weighted by Gasteiger charge is 2.28. The molecule has 0 saturated heterocycles. The number of non-ortho nitro benzene ring substituents is 1. The Bertz CT molecular complexity index is 1210. The molecule has 13 heteroatoms. The fourth-order valence-corrected chi connectivity index (χ4v) is 5.48. The van der Waals surface area contributed by atoms with E-state index in [-0.39, 0.29) is 21.4 Å². The second-order valence-corrected chi connectivity index (χ2v) is 10.2. The molecule has 1 N–H and O–H groups in total. The van der Waals surface area contributed by atoms with Gasteiger partial charge in [-0.2, -0.15) is 0 Å². The van der Waals surface area contributed by atoms with Crippen molar-refractivity contribution in [3.8, 4) is 0 Å². The molecule has 166 valence electrons. The first kappa shape index (κ1) is 23.4. The van der Waals surface area contributed by atoms with Crippen LogP contribution in [0, 0.1) is 10.1 Å². The maximum Gasteiger partial charge on any atom is 0.269 e. The SMILES string of the molecule is C=CCSc1nnc(NC(=O)CN(c2ccc([N+](=O)[O-])cc2)S(=O)(=O)c2ccccc2)s1. The molecule has 1 aromatic heterocycles. The first-order valence-electron chi connectivity index (χ1n) is 9.00. The van der Waals surface area contributed by atoms with Crippen molar-refractivity contribution in [3.05, 3.63) is 77.4 Å². The lowest BCUT2D eigenvalue weighted by atomic mass is 10.3. The molecule has 0 aliphatic carbocycles. The second kappa shape index (κ2) is 10.3. The summed E-state index contributed by atoms with van der Waals surface area (Å²) in [6.45, 7) is 3.06. The quantitative estimate of drug-likeness (QED) is 0.149. The zero-order valence-corrected chi connectivity index (χ0v) is 18.9. The van der Waals surface area contributed by atoms with Crippen LogP contribution in [0.4, 0.5) is 16.5 Å². The number of amides is 1. The van der Waals surface area contributed by atoms with Crippen molar-refractivity contribution in [2.75, 3.05) is 21.9 Å². The minimum absolute atomic E-state index is 0.0230. The second-order valence-electron chi connectivity index (χ2n) is 6.12. The third kappa shape index (κ3) is 5.69. The van der Waals surface area contributed by atoms with E-state index in [9.17, 15) is 23.3 Å². The van der Waals surface area contributed by atoms with Crippen molar-refractivity contribution in [1.82, 2.24) is 10.2 Å². The van der Waals surface area contributed by atoms with E-state index in [2.05, 4.69) is 22.1 Å². The van der Waals surface area contributed by atoms with Crippen molar-refractivity contribution in [2.45, 2.75) is 9.24 Å². The Kier molecular flexibility index (Phi) is 7.56. The smallest absolute Gasteiger partial charge is 0.269 e. The Morgan fingerprint density at radius 3 is 2.50 bits per heavy atom. The minimum atomic E-state index is -4.13. The third-order valence-corrected chi connectivity index (χ3v) is 7.70. The van der Waals surface area contributed by atoms with E-state index in [1.54, 1.807) is 24.3 Å².